The second kappa shape index (κ2) is 19.7. The van der Waals surface area contributed by atoms with Crippen LogP contribution in [0.5, 0.6) is 11.5 Å². The monoisotopic (exact) mass is 532 g/mol. The van der Waals surface area contributed by atoms with E-state index in [1.54, 1.807) is 12.1 Å². The molecule has 2 aromatic rings. The summed E-state index contributed by atoms with van der Waals surface area (Å²) >= 11 is 4.64. The maximum Gasteiger partial charge on any atom is 0.124 e. The van der Waals surface area contributed by atoms with Crippen molar-refractivity contribution in [2.45, 2.75) is 86.2 Å². The zero-order chi connectivity index (χ0) is 28.3. The van der Waals surface area contributed by atoms with Gasteiger partial charge in [-0.05, 0) is 70.9 Å². The van der Waals surface area contributed by atoms with Crippen molar-refractivity contribution in [3.63, 3.8) is 0 Å². The van der Waals surface area contributed by atoms with Crippen molar-refractivity contribution in [1.29, 1.82) is 5.41 Å². The molecule has 0 amide bonds. The first kappa shape index (κ1) is 34.6. The summed E-state index contributed by atoms with van der Waals surface area (Å²) in [7, 11) is 0. The Kier molecular flexibility index (Phi) is 18.4. The van der Waals surface area contributed by atoms with E-state index in [4.69, 9.17) is 15.5 Å². The highest BCUT2D eigenvalue weighted by molar-refractivity contribution is 6.15. The summed E-state index contributed by atoms with van der Waals surface area (Å²) in [6.45, 7) is 17.1. The van der Waals surface area contributed by atoms with Crippen LogP contribution in [0, 0.1) is 12.3 Å². The highest BCUT2D eigenvalue weighted by Gasteiger charge is 2.21. The zero-order valence-corrected chi connectivity index (χ0v) is 25.0. The molecule has 2 aromatic carbocycles. The number of benzene rings is 2. The number of nitrogens with zero attached hydrogens (tertiary/aromatic N) is 2. The van der Waals surface area contributed by atoms with Gasteiger partial charge in [0.15, 0.2) is 0 Å². The molecular formula is C31H51ClN3O2+. The Balaban J connectivity index is 0.000000771. The SMILES string of the molecule is CC.CC[N+](CC)(CC)Cc1ccc(O)c(C=NC2CCCCC2)c1.CCl.Cc1ccc(O)c(C=N)c1. The van der Waals surface area contributed by atoms with Gasteiger partial charge in [-0.3, -0.25) is 4.99 Å². The third-order valence-electron chi connectivity index (χ3n) is 6.96. The summed E-state index contributed by atoms with van der Waals surface area (Å²) in [4.78, 5) is 4.72. The van der Waals surface area contributed by atoms with Crippen LogP contribution in [-0.4, -0.2) is 59.2 Å². The number of phenols is 2. The average Bonchev–Trinajstić information content (AvgIpc) is 2.96. The standard InChI is InChI=1S/C20H32N2O.C8H9NO.C2H6.CH3Cl/c1-4-22(5-2,6-3)16-17-12-13-20(23)18(14-17)15-21-19-10-8-7-9-11-19;1-6-2-3-8(10)7(4-6)5-9;2*1-2/h12-15,19H,4-11,16H2,1-3H3;2-5,9-10H,1H3;1-2H3;1H3/p+1. The molecule has 6 heteroatoms. The van der Waals surface area contributed by atoms with Crippen molar-refractivity contribution in [1.82, 2.24) is 0 Å². The van der Waals surface area contributed by atoms with Gasteiger partial charge in [0.2, 0.25) is 0 Å². The van der Waals surface area contributed by atoms with Crippen LogP contribution < -0.4 is 0 Å². The van der Waals surface area contributed by atoms with E-state index in [0.29, 0.717) is 17.4 Å². The van der Waals surface area contributed by atoms with Crippen LogP contribution in [0.1, 0.15) is 89.0 Å². The van der Waals surface area contributed by atoms with Crippen molar-refractivity contribution < 1.29 is 14.7 Å². The van der Waals surface area contributed by atoms with Crippen molar-refractivity contribution in [2.75, 3.05) is 26.0 Å². The quantitative estimate of drug-likeness (QED) is 0.182. The molecule has 0 saturated heterocycles. The Bertz CT molecular complexity index is 912. The van der Waals surface area contributed by atoms with Gasteiger partial charge in [-0.2, -0.15) is 0 Å². The number of phenolic OH excluding ortho intramolecular Hbond substituents is 2. The topological polar surface area (TPSA) is 76.7 Å². The van der Waals surface area contributed by atoms with Crippen LogP contribution in [0.4, 0.5) is 0 Å². The van der Waals surface area contributed by atoms with Gasteiger partial charge < -0.3 is 20.1 Å². The van der Waals surface area contributed by atoms with Crippen molar-refractivity contribution in [3.8, 4) is 11.5 Å². The minimum absolute atomic E-state index is 0.167. The Labute approximate surface area is 231 Å². The number of hydrogen-bond donors (Lipinski definition) is 3. The third-order valence-corrected chi connectivity index (χ3v) is 6.96. The summed E-state index contributed by atoms with van der Waals surface area (Å²) in [5, 5.41) is 26.1. The number of halogens is 1. The van der Waals surface area contributed by atoms with Gasteiger partial charge in [-0.1, -0.05) is 44.7 Å². The molecule has 1 aliphatic carbocycles. The zero-order valence-electron chi connectivity index (χ0n) is 24.2. The number of aromatic hydroxyl groups is 2. The molecule has 0 atom stereocenters. The van der Waals surface area contributed by atoms with Crippen LogP contribution >= 0.6 is 11.6 Å². The van der Waals surface area contributed by atoms with E-state index in [0.717, 1.165) is 48.0 Å². The normalized spacial score (nSPS) is 13.4. The number of rotatable bonds is 8. The van der Waals surface area contributed by atoms with Crippen molar-refractivity contribution in [2.24, 2.45) is 4.99 Å². The summed E-state index contributed by atoms with van der Waals surface area (Å²) in [6.07, 6.45) is 10.8. The lowest BCUT2D eigenvalue weighted by molar-refractivity contribution is -0.936. The van der Waals surface area contributed by atoms with E-state index in [1.165, 1.54) is 44.1 Å². The Morgan fingerprint density at radius 2 is 1.43 bits per heavy atom. The maximum atomic E-state index is 10.1. The molecular weight excluding hydrogens is 482 g/mol. The van der Waals surface area contributed by atoms with Crippen LogP contribution in [-0.2, 0) is 6.54 Å². The number of nitrogens with one attached hydrogen (secondary N) is 1. The first-order valence-corrected chi connectivity index (χ1v) is 14.5. The Hall–Kier alpha value is -2.37. The van der Waals surface area contributed by atoms with Gasteiger partial charge in [-0.25, -0.2) is 0 Å². The van der Waals surface area contributed by atoms with E-state index >= 15 is 0 Å². The summed E-state index contributed by atoms with van der Waals surface area (Å²) in [5.74, 6) is 0.511. The van der Waals surface area contributed by atoms with Crippen molar-refractivity contribution in [3.05, 3.63) is 58.7 Å². The molecule has 3 N–H and O–H groups in total. The van der Waals surface area contributed by atoms with E-state index in [-0.39, 0.29) is 5.75 Å². The van der Waals surface area contributed by atoms with Crippen LogP contribution in [0.3, 0.4) is 0 Å². The minimum atomic E-state index is 0.167. The lowest BCUT2D eigenvalue weighted by atomic mass is 9.96. The molecule has 1 fully saturated rings. The van der Waals surface area contributed by atoms with Gasteiger partial charge in [0.25, 0.3) is 0 Å². The summed E-state index contributed by atoms with van der Waals surface area (Å²) in [5.41, 5.74) is 3.78. The number of aryl methyl sites for hydroxylation is 1. The Morgan fingerprint density at radius 3 is 1.95 bits per heavy atom. The Morgan fingerprint density at radius 1 is 0.892 bits per heavy atom. The first-order valence-electron chi connectivity index (χ1n) is 13.7. The molecule has 0 aromatic heterocycles. The van der Waals surface area contributed by atoms with E-state index in [9.17, 15) is 5.11 Å². The van der Waals surface area contributed by atoms with Gasteiger partial charge in [0, 0.05) is 41.5 Å². The highest BCUT2D eigenvalue weighted by atomic mass is 35.5. The fourth-order valence-electron chi connectivity index (χ4n) is 4.40. The molecule has 0 bridgehead atoms. The average molecular weight is 533 g/mol. The fraction of sp³-hybridized carbons (Fsp3) is 0.548. The van der Waals surface area contributed by atoms with E-state index in [1.807, 2.05) is 39.1 Å². The molecule has 0 radical (unpaired) electrons. The minimum Gasteiger partial charge on any atom is -0.507 e. The molecule has 37 heavy (non-hydrogen) atoms. The fourth-order valence-corrected chi connectivity index (χ4v) is 4.40. The molecule has 1 aliphatic rings. The number of aliphatic imine (C=N–C) groups is 1. The first-order chi connectivity index (χ1) is 17.9. The van der Waals surface area contributed by atoms with Gasteiger partial charge in [0.05, 0.1) is 19.6 Å². The number of alkyl halides is 1. The lowest BCUT2D eigenvalue weighted by Crippen LogP contribution is -2.46. The maximum absolute atomic E-state index is 10.1. The smallest absolute Gasteiger partial charge is 0.124 e. The van der Waals surface area contributed by atoms with E-state index < -0.39 is 0 Å². The molecule has 1 saturated carbocycles. The van der Waals surface area contributed by atoms with Crippen molar-refractivity contribution >= 4 is 24.0 Å². The van der Waals surface area contributed by atoms with Crippen LogP contribution in [0.15, 0.2) is 41.4 Å². The second-order valence-corrected chi connectivity index (χ2v) is 9.12. The predicted octanol–water partition coefficient (Wildman–Crippen LogP) is 8.10. The van der Waals surface area contributed by atoms with Gasteiger partial charge in [0.1, 0.15) is 18.0 Å². The molecule has 208 valence electrons. The molecule has 0 spiro atoms. The third kappa shape index (κ3) is 12.1. The van der Waals surface area contributed by atoms with Gasteiger partial charge >= 0.3 is 0 Å². The number of quaternary nitrogens is 1. The van der Waals surface area contributed by atoms with Gasteiger partial charge in [-0.15, -0.1) is 11.6 Å². The molecule has 5 nitrogen and oxygen atoms in total. The molecule has 0 heterocycles. The second-order valence-electron chi connectivity index (χ2n) is 9.12. The largest absolute Gasteiger partial charge is 0.507 e. The molecule has 0 unspecified atom stereocenters. The highest BCUT2D eigenvalue weighted by Crippen LogP contribution is 2.23. The lowest BCUT2D eigenvalue weighted by Gasteiger charge is -2.36. The van der Waals surface area contributed by atoms with Crippen LogP contribution in [0.2, 0.25) is 0 Å². The summed E-state index contributed by atoms with van der Waals surface area (Å²) < 4.78 is 1.09. The van der Waals surface area contributed by atoms with Crippen LogP contribution in [0.25, 0.3) is 0 Å². The number of hydrogen-bond acceptors (Lipinski definition) is 4. The molecule has 3 rings (SSSR count). The van der Waals surface area contributed by atoms with E-state index in [2.05, 4.69) is 44.5 Å². The summed E-state index contributed by atoms with van der Waals surface area (Å²) in [6, 6.07) is 11.6. The molecule has 0 aliphatic heterocycles. The predicted molar refractivity (Wildman–Crippen MR) is 162 cm³/mol.